The Morgan fingerprint density at radius 2 is 1.88 bits per heavy atom. The first-order valence-corrected chi connectivity index (χ1v) is 11.0. The van der Waals surface area contributed by atoms with E-state index in [4.69, 9.17) is 11.6 Å². The molecule has 0 radical (unpaired) electrons. The van der Waals surface area contributed by atoms with E-state index in [2.05, 4.69) is 4.98 Å². The van der Waals surface area contributed by atoms with Gasteiger partial charge in [0.25, 0.3) is 0 Å². The van der Waals surface area contributed by atoms with Gasteiger partial charge >= 0.3 is 0 Å². The second kappa shape index (κ2) is 5.72. The number of thiazole rings is 1. The molecule has 0 saturated heterocycles. The molecule has 0 aliphatic heterocycles. The number of ketones is 1. The monoisotopic (exact) mass is 377 g/mol. The van der Waals surface area contributed by atoms with Crippen LogP contribution in [0.25, 0.3) is 10.2 Å². The average molecular weight is 378 g/mol. The minimum absolute atomic E-state index is 0.0156. The molecule has 4 bridgehead atoms. The van der Waals surface area contributed by atoms with E-state index in [0.717, 1.165) is 51.6 Å². The summed E-state index contributed by atoms with van der Waals surface area (Å²) in [5.41, 5.74) is 0.958. The van der Waals surface area contributed by atoms with Crippen molar-refractivity contribution in [1.29, 1.82) is 0 Å². The summed E-state index contributed by atoms with van der Waals surface area (Å²) >= 11 is 9.33. The molecule has 1 aromatic carbocycles. The van der Waals surface area contributed by atoms with Crippen LogP contribution >= 0.6 is 34.7 Å². The van der Waals surface area contributed by atoms with Gasteiger partial charge in [0, 0.05) is 10.4 Å². The highest BCUT2D eigenvalue weighted by molar-refractivity contribution is 8.01. The lowest BCUT2D eigenvalue weighted by Crippen LogP contribution is -2.50. The largest absolute Gasteiger partial charge is 0.298 e. The molecule has 1 heterocycles. The van der Waals surface area contributed by atoms with Crippen molar-refractivity contribution in [1.82, 2.24) is 4.98 Å². The third-order valence-electron chi connectivity index (χ3n) is 6.29. The predicted octanol–water partition coefficient (Wildman–Crippen LogP) is 5.83. The Hall–Kier alpha value is -0.580. The van der Waals surface area contributed by atoms with E-state index in [-0.39, 0.29) is 5.41 Å². The van der Waals surface area contributed by atoms with Crippen molar-refractivity contribution in [3.8, 4) is 0 Å². The minimum atomic E-state index is 0.0156. The van der Waals surface area contributed by atoms with Crippen molar-refractivity contribution < 1.29 is 4.79 Å². The second-order valence-corrected chi connectivity index (χ2v) is 10.7. The Labute approximate surface area is 155 Å². The zero-order valence-electron chi connectivity index (χ0n) is 13.5. The summed E-state index contributed by atoms with van der Waals surface area (Å²) in [5, 5.41) is 0.717. The van der Waals surface area contributed by atoms with Crippen LogP contribution in [-0.2, 0) is 4.79 Å². The van der Waals surface area contributed by atoms with Crippen LogP contribution in [0.2, 0.25) is 5.02 Å². The molecule has 0 atom stereocenters. The molecule has 2 aromatic rings. The smallest absolute Gasteiger partial charge is 0.151 e. The van der Waals surface area contributed by atoms with Gasteiger partial charge in [-0.3, -0.25) is 4.79 Å². The van der Waals surface area contributed by atoms with Crippen LogP contribution < -0.4 is 0 Å². The van der Waals surface area contributed by atoms with E-state index in [1.165, 1.54) is 19.3 Å². The molecule has 1 aromatic heterocycles. The molecule has 0 unspecified atom stereocenters. The van der Waals surface area contributed by atoms with Crippen molar-refractivity contribution >= 4 is 50.7 Å². The highest BCUT2D eigenvalue weighted by atomic mass is 35.5. The Kier molecular flexibility index (Phi) is 3.73. The SMILES string of the molecule is O=C(CSc1nc2cc(Cl)ccc2s1)C12CC3CC(CC(C3)C1)C2. The number of aromatic nitrogens is 1. The molecule has 0 amide bonds. The fraction of sp³-hybridized carbons (Fsp3) is 0.579. The number of hydrogen-bond donors (Lipinski definition) is 0. The quantitative estimate of drug-likeness (QED) is 0.628. The number of halogens is 1. The lowest BCUT2D eigenvalue weighted by Gasteiger charge is -2.56. The van der Waals surface area contributed by atoms with Crippen molar-refractivity contribution in [3.05, 3.63) is 23.2 Å². The topological polar surface area (TPSA) is 30.0 Å². The van der Waals surface area contributed by atoms with Crippen LogP contribution in [-0.4, -0.2) is 16.5 Å². The third kappa shape index (κ3) is 2.62. The molecule has 4 fully saturated rings. The van der Waals surface area contributed by atoms with Gasteiger partial charge in [-0.1, -0.05) is 23.4 Å². The van der Waals surface area contributed by atoms with Crippen molar-refractivity contribution in [3.63, 3.8) is 0 Å². The number of rotatable bonds is 4. The van der Waals surface area contributed by atoms with Crippen molar-refractivity contribution in [2.75, 3.05) is 5.75 Å². The lowest BCUT2D eigenvalue weighted by atomic mass is 9.48. The fourth-order valence-corrected chi connectivity index (χ4v) is 7.92. The molecule has 6 rings (SSSR count). The zero-order valence-corrected chi connectivity index (χ0v) is 15.9. The average Bonchev–Trinajstić information content (AvgIpc) is 2.93. The number of hydrogen-bond acceptors (Lipinski definition) is 4. The lowest BCUT2D eigenvalue weighted by molar-refractivity contribution is -0.141. The number of fused-ring (bicyclic) bond motifs is 1. The summed E-state index contributed by atoms with van der Waals surface area (Å²) in [6.45, 7) is 0. The highest BCUT2D eigenvalue weighted by Gasteiger charge is 2.54. The fourth-order valence-electron chi connectivity index (χ4n) is 5.67. The van der Waals surface area contributed by atoms with Crippen molar-refractivity contribution in [2.24, 2.45) is 23.2 Å². The van der Waals surface area contributed by atoms with E-state index in [1.54, 1.807) is 23.1 Å². The van der Waals surface area contributed by atoms with Crippen LogP contribution in [0.4, 0.5) is 0 Å². The summed E-state index contributed by atoms with van der Waals surface area (Å²) in [5.74, 6) is 3.56. The molecule has 24 heavy (non-hydrogen) atoms. The second-order valence-electron chi connectivity index (χ2n) is 8.00. The number of carbonyl (C=O) groups is 1. The standard InChI is InChI=1S/C19H20ClNOS2/c20-14-1-2-16-15(6-14)21-18(24-16)23-10-17(22)19-7-11-3-12(8-19)5-13(4-11)9-19/h1-2,6,11-13H,3-5,7-10H2. The summed E-state index contributed by atoms with van der Waals surface area (Å²) in [4.78, 5) is 17.7. The summed E-state index contributed by atoms with van der Waals surface area (Å²) in [6, 6.07) is 5.82. The Bertz CT molecular complexity index is 780. The maximum absolute atomic E-state index is 13.1. The van der Waals surface area contributed by atoms with Gasteiger partial charge in [-0.2, -0.15) is 0 Å². The first kappa shape index (κ1) is 15.7. The predicted molar refractivity (Wildman–Crippen MR) is 101 cm³/mol. The molecular weight excluding hydrogens is 358 g/mol. The van der Waals surface area contributed by atoms with Gasteiger partial charge in [0.1, 0.15) is 5.78 Å². The minimum Gasteiger partial charge on any atom is -0.298 e. The van der Waals surface area contributed by atoms with Crippen LogP contribution in [0, 0.1) is 23.2 Å². The first-order valence-electron chi connectivity index (χ1n) is 8.82. The third-order valence-corrected chi connectivity index (χ3v) is 8.70. The van der Waals surface area contributed by atoms with E-state index in [0.29, 0.717) is 16.6 Å². The van der Waals surface area contributed by atoms with Crippen molar-refractivity contribution in [2.45, 2.75) is 42.9 Å². The normalized spacial score (nSPS) is 34.1. The summed E-state index contributed by atoms with van der Waals surface area (Å²) in [6.07, 6.45) is 7.64. The molecule has 0 spiro atoms. The van der Waals surface area contributed by atoms with E-state index in [1.807, 2.05) is 18.2 Å². The maximum Gasteiger partial charge on any atom is 0.151 e. The molecule has 2 nitrogen and oxygen atoms in total. The molecule has 4 aliphatic carbocycles. The molecule has 4 saturated carbocycles. The molecule has 4 aliphatic rings. The van der Waals surface area contributed by atoms with Crippen LogP contribution in [0.1, 0.15) is 38.5 Å². The summed E-state index contributed by atoms with van der Waals surface area (Å²) in [7, 11) is 0. The van der Waals surface area contributed by atoms with Gasteiger partial charge in [-0.25, -0.2) is 4.98 Å². The number of Topliss-reactive ketones (excluding diaryl/α,β-unsaturated/α-hetero) is 1. The number of carbonyl (C=O) groups excluding carboxylic acids is 1. The number of thioether (sulfide) groups is 1. The van der Waals surface area contributed by atoms with Crippen LogP contribution in [0.3, 0.4) is 0 Å². The molecule has 126 valence electrons. The van der Waals surface area contributed by atoms with Gasteiger partial charge in [0.15, 0.2) is 4.34 Å². The number of nitrogens with zero attached hydrogens (tertiary/aromatic N) is 1. The van der Waals surface area contributed by atoms with Crippen LogP contribution in [0.15, 0.2) is 22.5 Å². The molecule has 0 N–H and O–H groups in total. The maximum atomic E-state index is 13.1. The Balaban J connectivity index is 1.31. The number of benzene rings is 1. The summed E-state index contributed by atoms with van der Waals surface area (Å²) < 4.78 is 2.13. The molecule has 5 heteroatoms. The van der Waals surface area contributed by atoms with E-state index >= 15 is 0 Å². The van der Waals surface area contributed by atoms with Crippen LogP contribution in [0.5, 0.6) is 0 Å². The van der Waals surface area contributed by atoms with Gasteiger partial charge in [-0.05, 0) is 74.5 Å². The van der Waals surface area contributed by atoms with Gasteiger partial charge in [0.2, 0.25) is 0 Å². The Morgan fingerprint density at radius 1 is 1.21 bits per heavy atom. The Morgan fingerprint density at radius 3 is 2.54 bits per heavy atom. The first-order chi connectivity index (χ1) is 11.6. The van der Waals surface area contributed by atoms with E-state index in [9.17, 15) is 4.79 Å². The molecular formula is C19H20ClNOS2. The zero-order chi connectivity index (χ0) is 16.3. The van der Waals surface area contributed by atoms with Gasteiger partial charge in [0.05, 0.1) is 16.0 Å². The van der Waals surface area contributed by atoms with Gasteiger partial charge in [-0.15, -0.1) is 11.3 Å². The van der Waals surface area contributed by atoms with Gasteiger partial charge < -0.3 is 0 Å². The van der Waals surface area contributed by atoms with E-state index < -0.39 is 0 Å². The highest BCUT2D eigenvalue weighted by Crippen LogP contribution is 2.60.